The molecule has 12 heteroatoms. The molecule has 0 unspecified atom stereocenters. The fourth-order valence-electron chi connectivity index (χ4n) is 3.25. The zero-order chi connectivity index (χ0) is 24.8. The van der Waals surface area contributed by atoms with Crippen LogP contribution in [0.25, 0.3) is 0 Å². The van der Waals surface area contributed by atoms with Gasteiger partial charge in [0.05, 0.1) is 16.9 Å². The summed E-state index contributed by atoms with van der Waals surface area (Å²) >= 11 is 0. The number of nitro benzene ring substituents is 1. The summed E-state index contributed by atoms with van der Waals surface area (Å²) in [5, 5.41) is 13.6. The molecule has 0 aliphatic rings. The van der Waals surface area contributed by atoms with Crippen LogP contribution in [0.15, 0.2) is 48.5 Å². The Kier molecular flexibility index (Phi) is 8.46. The Morgan fingerprint density at radius 1 is 1.18 bits per heavy atom. The lowest BCUT2D eigenvalue weighted by Gasteiger charge is -2.32. The number of sulfonamides is 1. The molecule has 0 aliphatic carbocycles. The van der Waals surface area contributed by atoms with Gasteiger partial charge in [-0.1, -0.05) is 25.1 Å². The highest BCUT2D eigenvalue weighted by Gasteiger charge is 2.31. The van der Waals surface area contributed by atoms with Crippen molar-refractivity contribution in [2.24, 2.45) is 0 Å². The summed E-state index contributed by atoms with van der Waals surface area (Å²) in [6.45, 7) is 0.937. The minimum Gasteiger partial charge on any atom is -0.357 e. The van der Waals surface area contributed by atoms with Crippen LogP contribution in [-0.2, 0) is 26.2 Å². The highest BCUT2D eigenvalue weighted by Crippen LogP contribution is 2.24. The molecule has 0 saturated carbocycles. The highest BCUT2D eigenvalue weighted by molar-refractivity contribution is 7.92. The van der Waals surface area contributed by atoms with Gasteiger partial charge >= 0.3 is 0 Å². The second-order valence-corrected chi connectivity index (χ2v) is 9.14. The maximum absolute atomic E-state index is 13.3. The summed E-state index contributed by atoms with van der Waals surface area (Å²) in [6.07, 6.45) is 1.11. The van der Waals surface area contributed by atoms with Crippen LogP contribution in [0.2, 0.25) is 0 Å². The molecule has 1 atom stereocenters. The van der Waals surface area contributed by atoms with Crippen LogP contribution in [-0.4, -0.2) is 55.9 Å². The van der Waals surface area contributed by atoms with Gasteiger partial charge in [0.1, 0.15) is 18.4 Å². The molecule has 2 amide bonds. The van der Waals surface area contributed by atoms with Gasteiger partial charge in [-0.15, -0.1) is 0 Å². The number of hydrogen-bond acceptors (Lipinski definition) is 6. The number of nitrogens with one attached hydrogen (secondary N) is 1. The average Bonchev–Trinajstić information content (AvgIpc) is 2.77. The molecule has 0 heterocycles. The number of amides is 2. The second-order valence-electron chi connectivity index (χ2n) is 7.23. The topological polar surface area (TPSA) is 130 Å². The van der Waals surface area contributed by atoms with Gasteiger partial charge in [-0.2, -0.15) is 0 Å². The molecular formula is C21H25FN4O6S. The van der Waals surface area contributed by atoms with Gasteiger partial charge in [-0.05, 0) is 30.2 Å². The smallest absolute Gasteiger partial charge is 0.271 e. The first-order chi connectivity index (χ1) is 15.5. The number of nitrogens with zero attached hydrogens (tertiary/aromatic N) is 3. The highest BCUT2D eigenvalue weighted by atomic mass is 32.2. The molecule has 2 rings (SSSR count). The van der Waals surface area contributed by atoms with E-state index in [0.717, 1.165) is 16.6 Å². The van der Waals surface area contributed by atoms with E-state index < -0.39 is 45.2 Å². The summed E-state index contributed by atoms with van der Waals surface area (Å²) in [5.41, 5.74) is 0.136. The lowest BCUT2D eigenvalue weighted by atomic mass is 10.1. The number of carbonyl (C=O) groups is 2. The third-order valence-corrected chi connectivity index (χ3v) is 6.05. The number of likely N-dealkylation sites (N-methyl/N-ethyl adjacent to an activating group) is 1. The van der Waals surface area contributed by atoms with Gasteiger partial charge in [0, 0.05) is 25.7 Å². The predicted octanol–water partition coefficient (Wildman–Crippen LogP) is 2.05. The van der Waals surface area contributed by atoms with Crippen LogP contribution in [0.1, 0.15) is 18.9 Å². The van der Waals surface area contributed by atoms with Crippen molar-refractivity contribution in [1.29, 1.82) is 0 Å². The van der Waals surface area contributed by atoms with Crippen LogP contribution in [0, 0.1) is 15.9 Å². The van der Waals surface area contributed by atoms with Gasteiger partial charge in [-0.3, -0.25) is 24.0 Å². The molecule has 0 fully saturated rings. The molecule has 0 radical (unpaired) electrons. The molecule has 178 valence electrons. The zero-order valence-corrected chi connectivity index (χ0v) is 19.2. The molecule has 0 spiro atoms. The van der Waals surface area contributed by atoms with E-state index >= 15 is 0 Å². The maximum atomic E-state index is 13.3. The fourth-order valence-corrected chi connectivity index (χ4v) is 4.09. The van der Waals surface area contributed by atoms with Gasteiger partial charge in [0.2, 0.25) is 21.8 Å². The number of nitro groups is 1. The van der Waals surface area contributed by atoms with E-state index in [1.165, 1.54) is 54.4 Å². The number of anilines is 1. The molecule has 2 aromatic rings. The Balaban J connectivity index is 2.45. The molecule has 0 aromatic heterocycles. The van der Waals surface area contributed by atoms with Crippen LogP contribution in [0.3, 0.4) is 0 Å². The summed E-state index contributed by atoms with van der Waals surface area (Å²) in [6, 6.07) is 9.32. The number of non-ortho nitro benzene ring substituents is 1. The Hall–Kier alpha value is -3.54. The third kappa shape index (κ3) is 6.72. The van der Waals surface area contributed by atoms with Crippen LogP contribution in [0.4, 0.5) is 15.8 Å². The summed E-state index contributed by atoms with van der Waals surface area (Å²) in [7, 11) is -2.60. The van der Waals surface area contributed by atoms with E-state index in [-0.39, 0.29) is 24.3 Å². The van der Waals surface area contributed by atoms with Crippen molar-refractivity contribution in [2.45, 2.75) is 25.9 Å². The first-order valence-corrected chi connectivity index (χ1v) is 11.8. The molecular weight excluding hydrogens is 455 g/mol. The number of carbonyl (C=O) groups excluding carboxylic acids is 2. The Bertz CT molecular complexity index is 1120. The SMILES string of the molecule is CC[C@H](C(=O)NC)N(Cc1ccc(F)cc1)C(=O)CN(c1cccc([N+](=O)[O-])c1)S(C)(=O)=O. The third-order valence-electron chi connectivity index (χ3n) is 4.91. The van der Waals surface area contributed by atoms with Crippen molar-refractivity contribution in [1.82, 2.24) is 10.2 Å². The van der Waals surface area contributed by atoms with Crippen molar-refractivity contribution in [3.8, 4) is 0 Å². The standard InChI is InChI=1S/C21H25FN4O6S/c1-4-19(21(28)23-2)24(13-15-8-10-16(22)11-9-15)20(27)14-25(33(3,31)32)17-6-5-7-18(12-17)26(29)30/h5-12,19H,4,13-14H2,1-3H3,(H,23,28)/t19-/m1/s1. The van der Waals surface area contributed by atoms with Gasteiger partial charge in [0.15, 0.2) is 0 Å². The van der Waals surface area contributed by atoms with Crippen LogP contribution >= 0.6 is 0 Å². The summed E-state index contributed by atoms with van der Waals surface area (Å²) in [4.78, 5) is 37.4. The van der Waals surface area contributed by atoms with Gasteiger partial charge in [-0.25, -0.2) is 12.8 Å². The fraction of sp³-hybridized carbons (Fsp3) is 0.333. The second kappa shape index (κ2) is 10.9. The Morgan fingerprint density at radius 2 is 1.82 bits per heavy atom. The van der Waals surface area contributed by atoms with Crippen molar-refractivity contribution >= 4 is 33.2 Å². The van der Waals surface area contributed by atoms with E-state index in [4.69, 9.17) is 0 Å². The molecule has 10 nitrogen and oxygen atoms in total. The van der Waals surface area contributed by atoms with Crippen molar-refractivity contribution in [3.05, 3.63) is 70.0 Å². The summed E-state index contributed by atoms with van der Waals surface area (Å²) < 4.78 is 39.0. The van der Waals surface area contributed by atoms with Gasteiger partial charge in [0.25, 0.3) is 5.69 Å². The lowest BCUT2D eigenvalue weighted by Crippen LogP contribution is -2.51. The monoisotopic (exact) mass is 480 g/mol. The normalized spacial score (nSPS) is 12.0. The number of hydrogen-bond donors (Lipinski definition) is 1. The van der Waals surface area contributed by atoms with Gasteiger partial charge < -0.3 is 10.2 Å². The van der Waals surface area contributed by atoms with E-state index in [1.54, 1.807) is 6.92 Å². The first kappa shape index (κ1) is 25.7. The lowest BCUT2D eigenvalue weighted by molar-refractivity contribution is -0.384. The first-order valence-electron chi connectivity index (χ1n) is 9.95. The van der Waals surface area contributed by atoms with Crippen LogP contribution < -0.4 is 9.62 Å². The maximum Gasteiger partial charge on any atom is 0.271 e. The Morgan fingerprint density at radius 3 is 2.33 bits per heavy atom. The number of rotatable bonds is 10. The van der Waals surface area contributed by atoms with Crippen molar-refractivity contribution in [2.75, 3.05) is 24.2 Å². The molecule has 0 saturated heterocycles. The average molecular weight is 481 g/mol. The molecule has 33 heavy (non-hydrogen) atoms. The summed E-state index contributed by atoms with van der Waals surface area (Å²) in [5.74, 6) is -1.62. The van der Waals surface area contributed by atoms with E-state index in [0.29, 0.717) is 5.56 Å². The van der Waals surface area contributed by atoms with E-state index in [1.807, 2.05) is 0 Å². The molecule has 0 aliphatic heterocycles. The minimum absolute atomic E-state index is 0.0604. The number of halogens is 1. The quantitative estimate of drug-likeness (QED) is 0.409. The number of benzene rings is 2. The van der Waals surface area contributed by atoms with Crippen LogP contribution in [0.5, 0.6) is 0 Å². The largest absolute Gasteiger partial charge is 0.357 e. The molecule has 1 N–H and O–H groups in total. The molecule has 2 aromatic carbocycles. The predicted molar refractivity (Wildman–Crippen MR) is 120 cm³/mol. The van der Waals surface area contributed by atoms with E-state index in [9.17, 15) is 32.5 Å². The molecule has 0 bridgehead atoms. The van der Waals surface area contributed by atoms with E-state index in [2.05, 4.69) is 5.32 Å². The zero-order valence-electron chi connectivity index (χ0n) is 18.4. The Labute approximate surface area is 191 Å². The van der Waals surface area contributed by atoms with Crippen molar-refractivity contribution in [3.63, 3.8) is 0 Å². The minimum atomic E-state index is -4.01. The van der Waals surface area contributed by atoms with Crippen molar-refractivity contribution < 1.29 is 27.3 Å².